The number of nitrogens with zero attached hydrogens (tertiary/aromatic N) is 2. The van der Waals surface area contributed by atoms with Crippen LogP contribution in [0.1, 0.15) is 6.92 Å². The van der Waals surface area contributed by atoms with Crippen LogP contribution in [0.5, 0.6) is 0 Å². The average molecular weight is 827 g/mol. The standard InChI is InChI=1S/C59H42N2OS/c1-3-5-23-42(4-2)60(43-24-13-8-14-25-43)44-32-35-57-53(37-44)59-51-28-16-15-26-48(51)54(39-58(59)63-57)61(46-31-34-50-49-27-17-18-29-55(49)62-56(50)38-46)45-30-33-47(40-19-9-6-10-20-40)52(36-45)41-21-11-7-12-22-41/h3-39H,2H2,1H3/b5-3-,42-23+. The van der Waals surface area contributed by atoms with Gasteiger partial charge in [0.05, 0.1) is 5.69 Å². The molecule has 0 saturated heterocycles. The maximum atomic E-state index is 6.55. The van der Waals surface area contributed by atoms with E-state index >= 15 is 0 Å². The van der Waals surface area contributed by atoms with Crippen molar-refractivity contribution < 1.29 is 4.42 Å². The van der Waals surface area contributed by atoms with Gasteiger partial charge in [0.2, 0.25) is 0 Å². The van der Waals surface area contributed by atoms with Gasteiger partial charge >= 0.3 is 0 Å². The van der Waals surface area contributed by atoms with Crippen molar-refractivity contribution in [1.29, 1.82) is 0 Å². The zero-order chi connectivity index (χ0) is 42.3. The first-order valence-electron chi connectivity index (χ1n) is 21.3. The monoisotopic (exact) mass is 826 g/mol. The third-order valence-corrected chi connectivity index (χ3v) is 13.0. The number of rotatable bonds is 10. The van der Waals surface area contributed by atoms with Gasteiger partial charge in [-0.15, -0.1) is 11.3 Å². The first-order chi connectivity index (χ1) is 31.2. The smallest absolute Gasteiger partial charge is 0.137 e. The minimum absolute atomic E-state index is 0.855. The van der Waals surface area contributed by atoms with E-state index in [0.717, 1.165) is 67.0 Å². The van der Waals surface area contributed by atoms with E-state index in [9.17, 15) is 0 Å². The van der Waals surface area contributed by atoms with Crippen molar-refractivity contribution in [2.45, 2.75) is 6.92 Å². The van der Waals surface area contributed by atoms with Crippen LogP contribution in [0.25, 0.3) is 75.1 Å². The Morgan fingerprint density at radius 1 is 0.492 bits per heavy atom. The SMILES string of the molecule is C=C/C(=C\C=C/C)N(c1ccccc1)c1ccc2sc3cc(N(c4ccc(-c5ccccc5)c(-c5ccccc5)c4)c4ccc5c(c4)oc4ccccc45)c4ccccc4c3c2c1. The molecule has 0 aliphatic heterocycles. The molecule has 11 rings (SSSR count). The molecule has 63 heavy (non-hydrogen) atoms. The number of hydrogen-bond acceptors (Lipinski definition) is 4. The highest BCUT2D eigenvalue weighted by atomic mass is 32.1. The molecule has 9 aromatic carbocycles. The fraction of sp³-hybridized carbons (Fsp3) is 0.0169. The summed E-state index contributed by atoms with van der Waals surface area (Å²) in [5.41, 5.74) is 12.7. The van der Waals surface area contributed by atoms with Gasteiger partial charge in [-0.2, -0.15) is 0 Å². The second-order valence-corrected chi connectivity index (χ2v) is 16.7. The average Bonchev–Trinajstić information content (AvgIpc) is 3.91. The Morgan fingerprint density at radius 2 is 1.11 bits per heavy atom. The molecule has 0 aliphatic carbocycles. The summed E-state index contributed by atoms with van der Waals surface area (Å²) < 4.78 is 9.00. The first kappa shape index (κ1) is 38.0. The quantitative estimate of drug-likeness (QED) is 0.128. The molecule has 0 atom stereocenters. The summed E-state index contributed by atoms with van der Waals surface area (Å²) in [4.78, 5) is 4.71. The molecule has 0 unspecified atom stereocenters. The molecule has 300 valence electrons. The number of fused-ring (bicyclic) bond motifs is 8. The molecule has 0 radical (unpaired) electrons. The van der Waals surface area contributed by atoms with E-state index in [4.69, 9.17) is 4.42 Å². The van der Waals surface area contributed by atoms with Crippen LogP contribution in [-0.2, 0) is 0 Å². The van der Waals surface area contributed by atoms with E-state index in [1.165, 1.54) is 42.2 Å². The summed E-state index contributed by atoms with van der Waals surface area (Å²) in [7, 11) is 0. The number of hydrogen-bond donors (Lipinski definition) is 0. The summed E-state index contributed by atoms with van der Waals surface area (Å²) in [5.74, 6) is 0. The molecule has 0 saturated carbocycles. The molecule has 4 heteroatoms. The molecule has 2 aromatic heterocycles. The second-order valence-electron chi connectivity index (χ2n) is 15.7. The number of allylic oxidation sites excluding steroid dienone is 4. The van der Waals surface area contributed by atoms with Gasteiger partial charge in [0.15, 0.2) is 0 Å². The van der Waals surface area contributed by atoms with Gasteiger partial charge in [-0.05, 0) is 113 Å². The lowest BCUT2D eigenvalue weighted by atomic mass is 9.93. The van der Waals surface area contributed by atoms with Crippen LogP contribution in [0, 0.1) is 0 Å². The molecule has 11 aromatic rings. The number of para-hydroxylation sites is 2. The fourth-order valence-corrected chi connectivity index (χ4v) is 10.2. The van der Waals surface area contributed by atoms with Gasteiger partial charge in [0.25, 0.3) is 0 Å². The van der Waals surface area contributed by atoms with Gasteiger partial charge in [-0.3, -0.25) is 0 Å². The highest BCUT2D eigenvalue weighted by molar-refractivity contribution is 7.26. The Balaban J connectivity index is 1.16. The van der Waals surface area contributed by atoms with Crippen molar-refractivity contribution in [3.63, 3.8) is 0 Å². The molecule has 0 N–H and O–H groups in total. The van der Waals surface area contributed by atoms with Crippen molar-refractivity contribution in [2.75, 3.05) is 9.80 Å². The van der Waals surface area contributed by atoms with Crippen LogP contribution in [0.15, 0.2) is 241 Å². The van der Waals surface area contributed by atoms with E-state index in [-0.39, 0.29) is 0 Å². The van der Waals surface area contributed by atoms with Crippen LogP contribution in [0.4, 0.5) is 28.4 Å². The zero-order valence-electron chi connectivity index (χ0n) is 34.8. The number of anilines is 5. The zero-order valence-corrected chi connectivity index (χ0v) is 35.6. The van der Waals surface area contributed by atoms with Crippen LogP contribution in [0.3, 0.4) is 0 Å². The van der Waals surface area contributed by atoms with Gasteiger partial charge < -0.3 is 14.2 Å². The second kappa shape index (κ2) is 16.2. The van der Waals surface area contributed by atoms with E-state index < -0.39 is 0 Å². The Kier molecular flexibility index (Phi) is 9.76. The maximum Gasteiger partial charge on any atom is 0.137 e. The lowest BCUT2D eigenvalue weighted by Crippen LogP contribution is -2.14. The molecule has 0 fully saturated rings. The Morgan fingerprint density at radius 3 is 1.86 bits per heavy atom. The Labute approximate surface area is 371 Å². The minimum atomic E-state index is 0.855. The Hall–Kier alpha value is -7.92. The fourth-order valence-electron chi connectivity index (χ4n) is 9.07. The van der Waals surface area contributed by atoms with Crippen LogP contribution in [0.2, 0.25) is 0 Å². The lowest BCUT2D eigenvalue weighted by Gasteiger charge is -2.28. The minimum Gasteiger partial charge on any atom is -0.456 e. The highest BCUT2D eigenvalue weighted by Gasteiger charge is 2.23. The van der Waals surface area contributed by atoms with Crippen molar-refractivity contribution in [3.05, 3.63) is 237 Å². The molecule has 0 amide bonds. The molecule has 2 heterocycles. The molecule has 0 spiro atoms. The van der Waals surface area contributed by atoms with Crippen molar-refractivity contribution in [1.82, 2.24) is 0 Å². The predicted molar refractivity (Wildman–Crippen MR) is 271 cm³/mol. The van der Waals surface area contributed by atoms with E-state index in [1.807, 2.05) is 42.5 Å². The van der Waals surface area contributed by atoms with Gasteiger partial charge in [-0.1, -0.05) is 146 Å². The van der Waals surface area contributed by atoms with E-state index in [1.54, 1.807) is 0 Å². The largest absolute Gasteiger partial charge is 0.456 e. The summed E-state index contributed by atoms with van der Waals surface area (Å²) in [5, 5.41) is 7.05. The summed E-state index contributed by atoms with van der Waals surface area (Å²) in [6.45, 7) is 6.26. The lowest BCUT2D eigenvalue weighted by molar-refractivity contribution is 0.669. The number of thiophene rings is 1. The summed E-state index contributed by atoms with van der Waals surface area (Å²) >= 11 is 1.84. The maximum absolute atomic E-state index is 6.55. The van der Waals surface area contributed by atoms with Crippen LogP contribution < -0.4 is 9.80 Å². The van der Waals surface area contributed by atoms with Crippen molar-refractivity contribution in [2.24, 2.45) is 0 Å². The molecular formula is C59H42N2OS. The number of furan rings is 1. The topological polar surface area (TPSA) is 19.6 Å². The molecule has 0 bridgehead atoms. The highest BCUT2D eigenvalue weighted by Crippen LogP contribution is 2.49. The van der Waals surface area contributed by atoms with Crippen molar-refractivity contribution in [3.8, 4) is 22.3 Å². The molecule has 3 nitrogen and oxygen atoms in total. The van der Waals surface area contributed by atoms with Gasteiger partial charge in [0.1, 0.15) is 11.2 Å². The summed E-state index contributed by atoms with van der Waals surface area (Å²) in [6, 6.07) is 71.9. The number of benzene rings is 9. The predicted octanol–water partition coefficient (Wildman–Crippen LogP) is 17.7. The van der Waals surface area contributed by atoms with Gasteiger partial charge in [-0.25, -0.2) is 0 Å². The third kappa shape index (κ3) is 6.78. The van der Waals surface area contributed by atoms with Crippen molar-refractivity contribution >= 4 is 92.7 Å². The molecular weight excluding hydrogens is 785 g/mol. The third-order valence-electron chi connectivity index (χ3n) is 11.9. The Bertz CT molecular complexity index is 3540. The summed E-state index contributed by atoms with van der Waals surface area (Å²) in [6.07, 6.45) is 8.16. The first-order valence-corrected chi connectivity index (χ1v) is 22.1. The molecule has 0 aliphatic rings. The van der Waals surface area contributed by atoms with Crippen LogP contribution in [-0.4, -0.2) is 0 Å². The normalized spacial score (nSPS) is 12.0. The van der Waals surface area contributed by atoms with E-state index in [2.05, 4.69) is 217 Å². The van der Waals surface area contributed by atoms with Crippen LogP contribution >= 0.6 is 11.3 Å². The van der Waals surface area contributed by atoms with Gasteiger partial charge in [0, 0.05) is 70.8 Å². The van der Waals surface area contributed by atoms with E-state index in [0.29, 0.717) is 0 Å².